The predicted octanol–water partition coefficient (Wildman–Crippen LogP) is 23.1. The van der Waals surface area contributed by atoms with Crippen LogP contribution in [-0.2, 0) is 65.4 Å². The molecule has 0 spiro atoms. The van der Waals surface area contributed by atoms with E-state index < -0.39 is 97.5 Å². The minimum Gasteiger partial charge on any atom is -0.462 e. The Morgan fingerprint density at radius 2 is 0.529 bits per heavy atom. The molecule has 102 heavy (non-hydrogen) atoms. The number of aliphatic hydroxyl groups is 1. The number of ether oxygens (including phenoxy) is 4. The highest BCUT2D eigenvalue weighted by atomic mass is 31.2. The van der Waals surface area contributed by atoms with E-state index in [2.05, 4.69) is 149 Å². The van der Waals surface area contributed by atoms with Crippen LogP contribution in [0.1, 0.15) is 323 Å². The fourth-order valence-corrected chi connectivity index (χ4v) is 11.9. The van der Waals surface area contributed by atoms with E-state index in [0.717, 1.165) is 186 Å². The summed E-state index contributed by atoms with van der Waals surface area (Å²) in [5.41, 5.74) is 0. The van der Waals surface area contributed by atoms with Crippen molar-refractivity contribution in [3.63, 3.8) is 0 Å². The van der Waals surface area contributed by atoms with Crippen LogP contribution in [-0.4, -0.2) is 96.7 Å². The summed E-state index contributed by atoms with van der Waals surface area (Å²) in [7, 11) is -9.97. The molecule has 0 aromatic carbocycles. The third-order valence-corrected chi connectivity index (χ3v) is 18.3. The lowest BCUT2D eigenvalue weighted by molar-refractivity contribution is -0.161. The Morgan fingerprint density at radius 1 is 0.284 bits per heavy atom. The van der Waals surface area contributed by atoms with Gasteiger partial charge in [-0.2, -0.15) is 0 Å². The number of rotatable bonds is 74. The topological polar surface area (TPSA) is 237 Å². The normalized spacial score (nSPS) is 14.5. The summed E-state index contributed by atoms with van der Waals surface area (Å²) in [6.07, 6.45) is 81.8. The van der Waals surface area contributed by atoms with E-state index in [-0.39, 0.29) is 25.7 Å². The maximum Gasteiger partial charge on any atom is 0.472 e. The van der Waals surface area contributed by atoms with Gasteiger partial charge in [0.1, 0.15) is 19.3 Å². The van der Waals surface area contributed by atoms with Gasteiger partial charge in [0.25, 0.3) is 0 Å². The summed E-state index contributed by atoms with van der Waals surface area (Å²) in [5, 5.41) is 10.6. The van der Waals surface area contributed by atoms with Crippen molar-refractivity contribution >= 4 is 39.5 Å². The zero-order chi connectivity index (χ0) is 74.6. The predicted molar refractivity (Wildman–Crippen MR) is 418 cm³/mol. The van der Waals surface area contributed by atoms with Gasteiger partial charge in [-0.05, 0) is 135 Å². The van der Waals surface area contributed by atoms with Crippen LogP contribution < -0.4 is 0 Å². The lowest BCUT2D eigenvalue weighted by atomic mass is 10.1. The summed E-state index contributed by atoms with van der Waals surface area (Å²) < 4.78 is 68.5. The highest BCUT2D eigenvalue weighted by Crippen LogP contribution is 2.45. The van der Waals surface area contributed by atoms with Gasteiger partial charge in [-0.25, -0.2) is 9.13 Å². The van der Waals surface area contributed by atoms with Crippen LogP contribution in [0, 0.1) is 0 Å². The van der Waals surface area contributed by atoms with E-state index in [1.54, 1.807) is 0 Å². The first-order chi connectivity index (χ1) is 49.7. The maximum absolute atomic E-state index is 13.1. The Labute approximate surface area is 619 Å². The Hall–Kier alpha value is -4.54. The number of allylic oxidation sites excluding steroid dienone is 20. The molecule has 0 saturated heterocycles. The number of carbonyl (C=O) groups excluding carboxylic acids is 4. The number of aliphatic hydroxyl groups excluding tert-OH is 1. The second-order valence-electron chi connectivity index (χ2n) is 26.3. The first-order valence-electron chi connectivity index (χ1n) is 39.8. The number of esters is 4. The molecule has 0 heterocycles. The van der Waals surface area contributed by atoms with Crippen LogP contribution in [0.3, 0.4) is 0 Å². The zero-order valence-corrected chi connectivity index (χ0v) is 65.8. The van der Waals surface area contributed by atoms with Gasteiger partial charge in [0.05, 0.1) is 26.4 Å². The molecule has 0 fully saturated rings. The largest absolute Gasteiger partial charge is 0.472 e. The quantitative estimate of drug-likeness (QED) is 0.0169. The van der Waals surface area contributed by atoms with E-state index in [9.17, 15) is 43.2 Å². The fourth-order valence-electron chi connectivity index (χ4n) is 10.4. The van der Waals surface area contributed by atoms with Gasteiger partial charge in [-0.1, -0.05) is 284 Å². The molecule has 0 aliphatic heterocycles. The number of phosphoric ester groups is 2. The Morgan fingerprint density at radius 3 is 0.853 bits per heavy atom. The van der Waals surface area contributed by atoms with Crippen molar-refractivity contribution in [1.82, 2.24) is 0 Å². The molecule has 5 atom stereocenters. The Kier molecular flexibility index (Phi) is 71.4. The van der Waals surface area contributed by atoms with E-state index in [1.807, 2.05) is 0 Å². The van der Waals surface area contributed by atoms with Gasteiger partial charge in [0, 0.05) is 25.7 Å². The molecular weight excluding hydrogens is 1330 g/mol. The first kappa shape index (κ1) is 97.5. The number of unbranched alkanes of at least 4 members (excludes halogenated alkanes) is 28. The highest BCUT2D eigenvalue weighted by molar-refractivity contribution is 7.47. The van der Waals surface area contributed by atoms with Gasteiger partial charge >= 0.3 is 39.5 Å². The number of phosphoric acid groups is 2. The second-order valence-corrected chi connectivity index (χ2v) is 29.2. The number of hydrogen-bond acceptors (Lipinski definition) is 15. The van der Waals surface area contributed by atoms with Crippen molar-refractivity contribution in [1.29, 1.82) is 0 Å². The SMILES string of the molecule is CC/C=C\C/C=C\C/C=C\C/C=C\C/C=C\CCCCCC(=O)OCC(COP(=O)(O)OCC(O)COP(=O)(O)OCC(COC(=O)CCCCCCCC/C=C\C/C=C\C/C=C\CCCCC)OC(=O)CCCCCCCCCCCCC)OC(=O)CCCCCCC/C=C\C/C=C\CCC. The molecule has 0 rings (SSSR count). The Balaban J connectivity index is 5.34. The summed E-state index contributed by atoms with van der Waals surface area (Å²) in [5.74, 6) is -2.23. The van der Waals surface area contributed by atoms with E-state index in [4.69, 9.17) is 37.0 Å². The Bertz CT molecular complexity index is 2410. The van der Waals surface area contributed by atoms with Crippen molar-refractivity contribution in [2.24, 2.45) is 0 Å². The van der Waals surface area contributed by atoms with E-state index >= 15 is 0 Å². The molecule has 0 radical (unpaired) electrons. The van der Waals surface area contributed by atoms with Crippen LogP contribution in [0.15, 0.2) is 122 Å². The van der Waals surface area contributed by atoms with Gasteiger partial charge in [-0.15, -0.1) is 0 Å². The highest BCUT2D eigenvalue weighted by Gasteiger charge is 2.30. The lowest BCUT2D eigenvalue weighted by Crippen LogP contribution is -2.30. The number of hydrogen-bond donors (Lipinski definition) is 3. The molecule has 19 heteroatoms. The van der Waals surface area contributed by atoms with Crippen molar-refractivity contribution < 1.29 is 80.2 Å². The molecule has 0 aromatic heterocycles. The molecule has 5 unspecified atom stereocenters. The van der Waals surface area contributed by atoms with Crippen molar-refractivity contribution in [2.75, 3.05) is 39.6 Å². The second kappa shape index (κ2) is 74.7. The molecule has 3 N–H and O–H groups in total. The minimum absolute atomic E-state index is 0.0690. The van der Waals surface area contributed by atoms with Gasteiger partial charge in [0.15, 0.2) is 12.2 Å². The zero-order valence-electron chi connectivity index (χ0n) is 64.0. The van der Waals surface area contributed by atoms with Crippen molar-refractivity contribution in [3.05, 3.63) is 122 Å². The summed E-state index contributed by atoms with van der Waals surface area (Å²) in [6, 6.07) is 0. The smallest absolute Gasteiger partial charge is 0.462 e. The van der Waals surface area contributed by atoms with Crippen molar-refractivity contribution in [2.45, 2.75) is 341 Å². The van der Waals surface area contributed by atoms with Crippen LogP contribution in [0.2, 0.25) is 0 Å². The lowest BCUT2D eigenvalue weighted by Gasteiger charge is -2.21. The monoisotopic (exact) mass is 1470 g/mol. The third-order valence-electron chi connectivity index (χ3n) is 16.4. The van der Waals surface area contributed by atoms with Gasteiger partial charge in [-0.3, -0.25) is 37.3 Å². The maximum atomic E-state index is 13.1. The van der Waals surface area contributed by atoms with Gasteiger partial charge < -0.3 is 33.8 Å². The molecular formula is C83H142O17P2. The average molecular weight is 1470 g/mol. The molecule has 0 aliphatic carbocycles. The molecule has 0 amide bonds. The average Bonchev–Trinajstić information content (AvgIpc) is 0.907. The molecule has 0 aliphatic rings. The van der Waals surface area contributed by atoms with Crippen LogP contribution in [0.5, 0.6) is 0 Å². The van der Waals surface area contributed by atoms with Crippen molar-refractivity contribution in [3.8, 4) is 0 Å². The van der Waals surface area contributed by atoms with Crippen LogP contribution in [0.25, 0.3) is 0 Å². The van der Waals surface area contributed by atoms with E-state index in [1.165, 1.54) is 57.8 Å². The third kappa shape index (κ3) is 73.8. The van der Waals surface area contributed by atoms with Gasteiger partial charge in [0.2, 0.25) is 0 Å². The minimum atomic E-state index is -4.99. The molecule has 17 nitrogen and oxygen atoms in total. The molecule has 0 bridgehead atoms. The van der Waals surface area contributed by atoms with Crippen LogP contribution in [0.4, 0.5) is 0 Å². The summed E-state index contributed by atoms with van der Waals surface area (Å²) >= 11 is 0. The summed E-state index contributed by atoms with van der Waals surface area (Å²) in [4.78, 5) is 72.9. The number of carbonyl (C=O) groups is 4. The summed E-state index contributed by atoms with van der Waals surface area (Å²) in [6.45, 7) is 4.61. The standard InChI is InChI=1S/C83H142O17P2/c1-5-9-13-17-21-25-29-32-34-36-38-40-42-45-48-51-55-59-63-67-80(85)93-73-78(99-82(87)69-65-61-57-53-47-28-24-20-16-12-8-4)75-97-101(89,90)95-71-77(84)72-96-102(91,92)98-76-79(100-83(88)70-66-62-58-54-50-44-31-27-23-19-15-11-7-3)74-94-81(86)68-64-60-56-52-49-46-43-41-39-37-35-33-30-26-22-18-14-10-6-2/h10,14-15,19,21-22,25-27,31-35,38-41,46,49,77-79,84H,5-9,11-13,16-18,20,23-24,28-30,36-37,42-45,47-48,50-76H2,1-4H3,(H,89,90)(H,91,92)/b14-10-,19-15-,25-21-,26-22-,31-27-,34-32-,35-33-,40-38-,41-39-,49-46-. The molecule has 0 aromatic rings. The van der Waals surface area contributed by atoms with Crippen LogP contribution >= 0.6 is 15.6 Å². The fraction of sp³-hybridized carbons (Fsp3) is 0.711. The molecule has 0 saturated carbocycles. The first-order valence-corrected chi connectivity index (χ1v) is 42.8. The van der Waals surface area contributed by atoms with E-state index in [0.29, 0.717) is 25.7 Å². The molecule has 586 valence electrons.